The van der Waals surface area contributed by atoms with Crippen molar-refractivity contribution < 1.29 is 14.3 Å². The second kappa shape index (κ2) is 6.47. The van der Waals surface area contributed by atoms with Gasteiger partial charge >= 0.3 is 5.97 Å². The molecule has 4 atom stereocenters. The Morgan fingerprint density at radius 1 is 1.48 bits per heavy atom. The number of carbonyl (C=O) groups is 2. The van der Waals surface area contributed by atoms with Crippen molar-refractivity contribution in [2.24, 2.45) is 17.8 Å². The molecule has 138 valence electrons. The second-order valence-electron chi connectivity index (χ2n) is 8.70. The van der Waals surface area contributed by atoms with Gasteiger partial charge in [-0.15, -0.1) is 11.3 Å². The minimum Gasteiger partial charge on any atom is -0.459 e. The van der Waals surface area contributed by atoms with E-state index in [-0.39, 0.29) is 29.6 Å². The van der Waals surface area contributed by atoms with E-state index in [1.165, 1.54) is 11.3 Å². The zero-order valence-corrected chi connectivity index (χ0v) is 16.5. The van der Waals surface area contributed by atoms with Gasteiger partial charge in [-0.2, -0.15) is 0 Å². The van der Waals surface area contributed by atoms with Gasteiger partial charge in [-0.1, -0.05) is 13.8 Å². The topological polar surface area (TPSA) is 68.3 Å². The lowest BCUT2D eigenvalue weighted by atomic mass is 9.76. The van der Waals surface area contributed by atoms with E-state index < -0.39 is 11.1 Å². The molecule has 3 rings (SSSR count). The van der Waals surface area contributed by atoms with Gasteiger partial charge in [0.1, 0.15) is 21.9 Å². The standard InChI is InChI=1S/C19H28N2O3S/c1-11(2)10-19(17(23)24-18(3,4)5)12-6-7-13(22)14(12)15(21-19)16-20-8-9-25-16/h8-9,11-12,14-15,21H,6-7,10H2,1-5H3/t12?,14-,15-,19+/m1/s1. The Morgan fingerprint density at radius 3 is 2.76 bits per heavy atom. The Hall–Kier alpha value is -1.27. The van der Waals surface area contributed by atoms with Gasteiger partial charge in [-0.3, -0.25) is 14.9 Å². The lowest BCUT2D eigenvalue weighted by molar-refractivity contribution is -0.165. The maximum Gasteiger partial charge on any atom is 0.327 e. The van der Waals surface area contributed by atoms with Crippen molar-refractivity contribution in [1.29, 1.82) is 0 Å². The number of hydrogen-bond donors (Lipinski definition) is 1. The molecule has 2 fully saturated rings. The van der Waals surface area contributed by atoms with Crippen LogP contribution in [-0.4, -0.2) is 27.9 Å². The predicted octanol–water partition coefficient (Wildman–Crippen LogP) is 3.51. The number of nitrogens with one attached hydrogen (secondary N) is 1. The van der Waals surface area contributed by atoms with Crippen LogP contribution in [0.4, 0.5) is 0 Å². The molecule has 1 saturated carbocycles. The summed E-state index contributed by atoms with van der Waals surface area (Å²) < 4.78 is 5.81. The quantitative estimate of drug-likeness (QED) is 0.828. The van der Waals surface area contributed by atoms with Gasteiger partial charge in [0.25, 0.3) is 0 Å². The SMILES string of the molecule is CC(C)C[C@]1(C(=O)OC(C)(C)C)N[C@@H](c2nccs2)[C@H]2C(=O)CCC21. The highest BCUT2D eigenvalue weighted by Gasteiger charge is 2.63. The van der Waals surface area contributed by atoms with E-state index >= 15 is 0 Å². The van der Waals surface area contributed by atoms with Gasteiger partial charge in [0.05, 0.1) is 6.04 Å². The molecule has 1 saturated heterocycles. The Balaban J connectivity index is 2.02. The minimum atomic E-state index is -0.811. The van der Waals surface area contributed by atoms with Gasteiger partial charge < -0.3 is 4.74 Å². The Morgan fingerprint density at radius 2 is 2.20 bits per heavy atom. The van der Waals surface area contributed by atoms with Crippen LogP contribution in [0.3, 0.4) is 0 Å². The summed E-state index contributed by atoms with van der Waals surface area (Å²) in [6.07, 6.45) is 3.70. The second-order valence-corrected chi connectivity index (χ2v) is 9.63. The number of fused-ring (bicyclic) bond motifs is 1. The number of aromatic nitrogens is 1. The Kier molecular flexibility index (Phi) is 4.79. The first-order valence-electron chi connectivity index (χ1n) is 9.07. The molecule has 0 amide bonds. The van der Waals surface area contributed by atoms with Crippen molar-refractivity contribution in [2.45, 2.75) is 71.1 Å². The van der Waals surface area contributed by atoms with Crippen LogP contribution in [0, 0.1) is 17.8 Å². The van der Waals surface area contributed by atoms with Crippen LogP contribution in [0.25, 0.3) is 0 Å². The van der Waals surface area contributed by atoms with E-state index in [0.29, 0.717) is 18.8 Å². The fourth-order valence-electron chi connectivity index (χ4n) is 4.43. The van der Waals surface area contributed by atoms with E-state index in [1.807, 2.05) is 26.2 Å². The number of Topliss-reactive ketones (excluding diaryl/α,β-unsaturated/α-hetero) is 1. The zero-order valence-electron chi connectivity index (χ0n) is 15.7. The fraction of sp³-hybridized carbons (Fsp3) is 0.737. The van der Waals surface area contributed by atoms with E-state index in [4.69, 9.17) is 4.74 Å². The highest BCUT2D eigenvalue weighted by Crippen LogP contribution is 2.53. The zero-order chi connectivity index (χ0) is 18.4. The summed E-state index contributed by atoms with van der Waals surface area (Å²) in [5.41, 5.74) is -1.37. The Bertz CT molecular complexity index is 650. The lowest BCUT2D eigenvalue weighted by Gasteiger charge is -2.37. The summed E-state index contributed by atoms with van der Waals surface area (Å²) >= 11 is 1.54. The van der Waals surface area contributed by atoms with Crippen LogP contribution >= 0.6 is 11.3 Å². The number of rotatable bonds is 4. The number of thiazole rings is 1. The maximum absolute atomic E-state index is 13.3. The molecule has 1 aliphatic carbocycles. The normalized spacial score (nSPS) is 32.2. The average Bonchev–Trinajstić information content (AvgIpc) is 3.16. The molecule has 1 N–H and O–H groups in total. The summed E-state index contributed by atoms with van der Waals surface area (Å²) in [7, 11) is 0. The van der Waals surface area contributed by atoms with Crippen molar-refractivity contribution in [2.75, 3.05) is 0 Å². The molecule has 2 aliphatic rings. The largest absolute Gasteiger partial charge is 0.459 e. The highest BCUT2D eigenvalue weighted by atomic mass is 32.1. The molecule has 1 aromatic heterocycles. The van der Waals surface area contributed by atoms with Crippen molar-refractivity contribution in [3.63, 3.8) is 0 Å². The van der Waals surface area contributed by atoms with E-state index in [0.717, 1.165) is 11.4 Å². The van der Waals surface area contributed by atoms with Crippen molar-refractivity contribution >= 4 is 23.1 Å². The molecule has 6 heteroatoms. The van der Waals surface area contributed by atoms with Crippen molar-refractivity contribution in [3.05, 3.63) is 16.6 Å². The minimum absolute atomic E-state index is 0.0221. The third kappa shape index (κ3) is 3.38. The smallest absolute Gasteiger partial charge is 0.327 e. The first-order valence-corrected chi connectivity index (χ1v) is 9.95. The first-order chi connectivity index (χ1) is 11.6. The first kappa shape index (κ1) is 18.5. The number of carbonyl (C=O) groups excluding carboxylic acids is 2. The molecule has 1 aromatic rings. The van der Waals surface area contributed by atoms with Crippen molar-refractivity contribution in [1.82, 2.24) is 10.3 Å². The van der Waals surface area contributed by atoms with Crippen LogP contribution in [-0.2, 0) is 14.3 Å². The molecule has 0 aromatic carbocycles. The molecular formula is C19H28N2O3S. The molecule has 1 aliphatic heterocycles. The molecule has 0 radical (unpaired) electrons. The predicted molar refractivity (Wildman–Crippen MR) is 97.2 cm³/mol. The summed E-state index contributed by atoms with van der Waals surface area (Å²) in [5.74, 6) is 0.124. The third-order valence-corrected chi connectivity index (χ3v) is 5.98. The lowest BCUT2D eigenvalue weighted by Crippen LogP contribution is -2.55. The summed E-state index contributed by atoms with van der Waals surface area (Å²) in [6.45, 7) is 9.88. The number of ether oxygens (including phenoxy) is 1. The average molecular weight is 365 g/mol. The van der Waals surface area contributed by atoms with Gasteiger partial charge in [0.15, 0.2) is 0 Å². The van der Waals surface area contributed by atoms with Gasteiger partial charge in [0.2, 0.25) is 0 Å². The number of hydrogen-bond acceptors (Lipinski definition) is 6. The molecule has 25 heavy (non-hydrogen) atoms. The van der Waals surface area contributed by atoms with Crippen LogP contribution in [0.1, 0.15) is 64.9 Å². The van der Waals surface area contributed by atoms with Gasteiger partial charge in [-0.05, 0) is 45.4 Å². The number of esters is 1. The van der Waals surface area contributed by atoms with Crippen LogP contribution in [0.5, 0.6) is 0 Å². The molecule has 2 heterocycles. The van der Waals surface area contributed by atoms with Crippen LogP contribution < -0.4 is 5.32 Å². The van der Waals surface area contributed by atoms with Gasteiger partial charge in [0, 0.05) is 23.9 Å². The summed E-state index contributed by atoms with van der Waals surface area (Å²) in [5, 5.41) is 6.35. The molecular weight excluding hydrogens is 336 g/mol. The van der Waals surface area contributed by atoms with Crippen LogP contribution in [0.15, 0.2) is 11.6 Å². The number of nitrogens with zero attached hydrogens (tertiary/aromatic N) is 1. The molecule has 1 unspecified atom stereocenters. The summed E-state index contributed by atoms with van der Waals surface area (Å²) in [4.78, 5) is 30.3. The van der Waals surface area contributed by atoms with Gasteiger partial charge in [-0.25, -0.2) is 4.98 Å². The fourth-order valence-corrected chi connectivity index (χ4v) is 5.17. The highest BCUT2D eigenvalue weighted by molar-refractivity contribution is 7.09. The van der Waals surface area contributed by atoms with E-state index in [1.54, 1.807) is 6.20 Å². The van der Waals surface area contributed by atoms with Crippen molar-refractivity contribution in [3.8, 4) is 0 Å². The maximum atomic E-state index is 13.3. The van der Waals surface area contributed by atoms with Crippen LogP contribution in [0.2, 0.25) is 0 Å². The van der Waals surface area contributed by atoms with E-state index in [9.17, 15) is 9.59 Å². The summed E-state index contributed by atoms with van der Waals surface area (Å²) in [6, 6.07) is -0.189. The Labute approximate surface area is 153 Å². The van der Waals surface area contributed by atoms with E-state index in [2.05, 4.69) is 24.1 Å². The third-order valence-electron chi connectivity index (χ3n) is 5.12. The molecule has 0 spiro atoms. The molecule has 0 bridgehead atoms. The number of ketones is 1. The monoisotopic (exact) mass is 364 g/mol. The molecule has 5 nitrogen and oxygen atoms in total.